The fourth-order valence-corrected chi connectivity index (χ4v) is 7.47. The molecule has 4 unspecified atom stereocenters. The van der Waals surface area contributed by atoms with E-state index in [0.29, 0.717) is 17.1 Å². The molecule has 5 rings (SSSR count). The molecule has 2 nitrogen and oxygen atoms in total. The van der Waals surface area contributed by atoms with E-state index in [1.807, 2.05) is 6.08 Å². The zero-order valence-corrected chi connectivity index (χ0v) is 14.2. The second-order valence-corrected chi connectivity index (χ2v) is 9.10. The van der Waals surface area contributed by atoms with Crippen molar-refractivity contribution in [3.8, 4) is 0 Å². The Morgan fingerprint density at radius 3 is 2.96 bits per heavy atom. The van der Waals surface area contributed by atoms with E-state index < -0.39 is 0 Å². The number of carbonyl (C=O) groups is 1. The van der Waals surface area contributed by atoms with E-state index in [9.17, 15) is 4.79 Å². The Morgan fingerprint density at radius 1 is 1.26 bits per heavy atom. The molecule has 0 amide bonds. The zero-order valence-electron chi connectivity index (χ0n) is 14.2. The topological polar surface area (TPSA) is 26.3 Å². The average molecular weight is 312 g/mol. The van der Waals surface area contributed by atoms with Crippen LogP contribution >= 0.6 is 0 Å². The highest BCUT2D eigenvalue weighted by atomic mass is 16.5. The van der Waals surface area contributed by atoms with Crippen LogP contribution in [0.1, 0.15) is 51.9 Å². The Balaban J connectivity index is 1.55. The fraction of sp³-hybridized carbons (Fsp3) is 0.762. The maximum absolute atomic E-state index is 12.0. The number of hydrogen-bond donors (Lipinski definition) is 0. The standard InChI is InChI=1S/C21H28O2/c1-3-13-4-5-16-15-11-19-18-10-14(22)6-9-21(18,12-23-19)17(15)7-8-20(13,16)2/h3,10,13,15-17,19H,1,4-9,11-12H2,2H3/t13-,15?,16?,17?,19?,20+,21-/m0/s1. The largest absolute Gasteiger partial charge is 0.373 e. The fourth-order valence-electron chi connectivity index (χ4n) is 7.47. The van der Waals surface area contributed by atoms with Crippen LogP contribution in [0.4, 0.5) is 0 Å². The summed E-state index contributed by atoms with van der Waals surface area (Å²) in [6.07, 6.45) is 12.8. The predicted octanol–water partition coefficient (Wildman–Crippen LogP) is 4.31. The van der Waals surface area contributed by atoms with Gasteiger partial charge in [0.2, 0.25) is 0 Å². The van der Waals surface area contributed by atoms with Gasteiger partial charge in [0.1, 0.15) is 0 Å². The summed E-state index contributed by atoms with van der Waals surface area (Å²) in [5, 5.41) is 0. The van der Waals surface area contributed by atoms with Crippen molar-refractivity contribution in [2.24, 2.45) is 34.5 Å². The lowest BCUT2D eigenvalue weighted by Crippen LogP contribution is -2.52. The SMILES string of the molecule is C=C[C@H]1CCC2C3CC4OC[C@@]5(CCC(=O)C=C45)C3CC[C@@]21C. The summed E-state index contributed by atoms with van der Waals surface area (Å²) in [6.45, 7) is 7.54. The molecule has 3 saturated carbocycles. The molecule has 0 aromatic rings. The molecular formula is C21H28O2. The molecule has 4 fully saturated rings. The summed E-state index contributed by atoms with van der Waals surface area (Å²) in [5.41, 5.74) is 2.07. The molecule has 0 N–H and O–H groups in total. The third-order valence-electron chi connectivity index (χ3n) is 8.59. The summed E-state index contributed by atoms with van der Waals surface area (Å²) in [5.74, 6) is 3.43. The van der Waals surface area contributed by atoms with Crippen LogP contribution in [-0.4, -0.2) is 18.5 Å². The molecule has 23 heavy (non-hydrogen) atoms. The van der Waals surface area contributed by atoms with Crippen LogP contribution in [0, 0.1) is 34.5 Å². The van der Waals surface area contributed by atoms with Gasteiger partial charge < -0.3 is 4.74 Å². The molecule has 0 aromatic carbocycles. The van der Waals surface area contributed by atoms with E-state index in [1.54, 1.807) is 0 Å². The monoisotopic (exact) mass is 312 g/mol. The number of fused-ring (bicyclic) bond motifs is 3. The summed E-state index contributed by atoms with van der Waals surface area (Å²) in [4.78, 5) is 12.0. The molecule has 2 bridgehead atoms. The molecule has 0 aromatic heterocycles. The molecule has 0 radical (unpaired) electrons. The van der Waals surface area contributed by atoms with E-state index in [-0.39, 0.29) is 11.5 Å². The van der Waals surface area contributed by atoms with Crippen molar-refractivity contribution < 1.29 is 9.53 Å². The van der Waals surface area contributed by atoms with Gasteiger partial charge in [-0.3, -0.25) is 4.79 Å². The second-order valence-electron chi connectivity index (χ2n) is 9.10. The number of rotatable bonds is 1. The molecule has 5 aliphatic rings. The van der Waals surface area contributed by atoms with Crippen LogP contribution in [0.3, 0.4) is 0 Å². The molecule has 0 spiro atoms. The Morgan fingerprint density at radius 2 is 2.13 bits per heavy atom. The highest BCUT2D eigenvalue weighted by Gasteiger charge is 2.64. The molecule has 1 saturated heterocycles. The molecule has 4 aliphatic carbocycles. The minimum absolute atomic E-state index is 0.217. The van der Waals surface area contributed by atoms with Gasteiger partial charge in [0.05, 0.1) is 12.7 Å². The number of ether oxygens (including phenoxy) is 1. The van der Waals surface area contributed by atoms with Gasteiger partial charge in [-0.1, -0.05) is 13.0 Å². The zero-order chi connectivity index (χ0) is 15.8. The van der Waals surface area contributed by atoms with Gasteiger partial charge in [-0.2, -0.15) is 0 Å². The van der Waals surface area contributed by atoms with Gasteiger partial charge in [-0.05, 0) is 79.3 Å². The average Bonchev–Trinajstić information content (AvgIpc) is 3.01. The van der Waals surface area contributed by atoms with Gasteiger partial charge in [-0.15, -0.1) is 6.58 Å². The molecule has 1 aliphatic heterocycles. The third kappa shape index (κ3) is 1.66. The maximum Gasteiger partial charge on any atom is 0.155 e. The predicted molar refractivity (Wildman–Crippen MR) is 89.8 cm³/mol. The van der Waals surface area contributed by atoms with Crippen LogP contribution in [0.15, 0.2) is 24.3 Å². The van der Waals surface area contributed by atoms with Crippen LogP contribution in [-0.2, 0) is 9.53 Å². The molecular weight excluding hydrogens is 284 g/mol. The van der Waals surface area contributed by atoms with Gasteiger partial charge in [-0.25, -0.2) is 0 Å². The van der Waals surface area contributed by atoms with Gasteiger partial charge in [0.15, 0.2) is 5.78 Å². The highest BCUT2D eigenvalue weighted by molar-refractivity contribution is 5.92. The highest BCUT2D eigenvalue weighted by Crippen LogP contribution is 2.68. The number of hydrogen-bond acceptors (Lipinski definition) is 2. The van der Waals surface area contributed by atoms with E-state index >= 15 is 0 Å². The molecule has 2 heteroatoms. The van der Waals surface area contributed by atoms with Gasteiger partial charge in [0, 0.05) is 11.8 Å². The molecule has 7 atom stereocenters. The number of carbonyl (C=O) groups excluding carboxylic acids is 1. The first-order valence-electron chi connectivity index (χ1n) is 9.57. The van der Waals surface area contributed by atoms with Gasteiger partial charge in [0.25, 0.3) is 0 Å². The number of allylic oxidation sites excluding steroid dienone is 1. The lowest BCUT2D eigenvalue weighted by Gasteiger charge is -2.56. The Bertz CT molecular complexity index is 605. The van der Waals surface area contributed by atoms with E-state index in [4.69, 9.17) is 4.74 Å². The van der Waals surface area contributed by atoms with E-state index in [1.165, 1.54) is 31.3 Å². The summed E-state index contributed by atoms with van der Waals surface area (Å²) < 4.78 is 6.25. The van der Waals surface area contributed by atoms with Crippen molar-refractivity contribution in [3.63, 3.8) is 0 Å². The van der Waals surface area contributed by atoms with Crippen molar-refractivity contribution >= 4 is 5.78 Å². The first-order chi connectivity index (χ1) is 11.1. The first kappa shape index (κ1) is 14.5. The van der Waals surface area contributed by atoms with Crippen molar-refractivity contribution in [2.45, 2.75) is 58.0 Å². The second kappa shape index (κ2) is 4.59. The lowest BCUT2D eigenvalue weighted by molar-refractivity contribution is -0.117. The molecule has 124 valence electrons. The minimum atomic E-state index is 0.217. The third-order valence-corrected chi connectivity index (χ3v) is 8.59. The normalized spacial score (nSPS) is 54.0. The van der Waals surface area contributed by atoms with Crippen molar-refractivity contribution in [1.29, 1.82) is 0 Å². The Kier molecular flexibility index (Phi) is 2.89. The van der Waals surface area contributed by atoms with Gasteiger partial charge >= 0.3 is 0 Å². The van der Waals surface area contributed by atoms with Crippen LogP contribution in [0.2, 0.25) is 0 Å². The summed E-state index contributed by atoms with van der Waals surface area (Å²) in [7, 11) is 0. The van der Waals surface area contributed by atoms with Crippen LogP contribution in [0.5, 0.6) is 0 Å². The first-order valence-corrected chi connectivity index (χ1v) is 9.57. The molecule has 1 heterocycles. The minimum Gasteiger partial charge on any atom is -0.373 e. The summed E-state index contributed by atoms with van der Waals surface area (Å²) >= 11 is 0. The Labute approximate surface area is 139 Å². The van der Waals surface area contributed by atoms with E-state index in [0.717, 1.165) is 43.6 Å². The Hall–Kier alpha value is -0.890. The quantitative estimate of drug-likeness (QED) is 0.674. The smallest absolute Gasteiger partial charge is 0.155 e. The van der Waals surface area contributed by atoms with Crippen molar-refractivity contribution in [1.82, 2.24) is 0 Å². The number of ketones is 1. The van der Waals surface area contributed by atoms with Crippen LogP contribution < -0.4 is 0 Å². The lowest BCUT2D eigenvalue weighted by atomic mass is 9.47. The van der Waals surface area contributed by atoms with Crippen molar-refractivity contribution in [3.05, 3.63) is 24.3 Å². The summed E-state index contributed by atoms with van der Waals surface area (Å²) in [6, 6.07) is 0. The maximum atomic E-state index is 12.0. The van der Waals surface area contributed by atoms with Crippen LogP contribution in [0.25, 0.3) is 0 Å². The van der Waals surface area contributed by atoms with E-state index in [2.05, 4.69) is 19.6 Å². The van der Waals surface area contributed by atoms with Crippen molar-refractivity contribution in [2.75, 3.05) is 6.61 Å².